The number of methoxy groups -OCH3 is 2. The number of nitrogens with one attached hydrogen (secondary N) is 1. The zero-order chi connectivity index (χ0) is 17.7. The number of nitrogens with zero attached hydrogens (tertiary/aromatic N) is 1. The summed E-state index contributed by atoms with van der Waals surface area (Å²) in [6, 6.07) is 4.88. The molecule has 2 aromatic rings. The summed E-state index contributed by atoms with van der Waals surface area (Å²) in [5.74, 6) is -0.500. The van der Waals surface area contributed by atoms with E-state index in [0.29, 0.717) is 17.2 Å². The summed E-state index contributed by atoms with van der Waals surface area (Å²) in [5.41, 5.74) is 6.19. The van der Waals surface area contributed by atoms with Gasteiger partial charge in [-0.1, -0.05) is 5.16 Å². The van der Waals surface area contributed by atoms with Gasteiger partial charge in [0.2, 0.25) is 5.88 Å². The first kappa shape index (κ1) is 17.1. The molecule has 0 fully saturated rings. The lowest BCUT2D eigenvalue weighted by molar-refractivity contribution is -0.119. The Morgan fingerprint density at radius 1 is 1.29 bits per heavy atom. The second-order valence-electron chi connectivity index (χ2n) is 4.70. The van der Waals surface area contributed by atoms with Gasteiger partial charge >= 0.3 is 5.97 Å². The molecular formula is C15H17N3O6. The molecule has 0 radical (unpaired) electrons. The lowest BCUT2D eigenvalue weighted by Gasteiger charge is -2.11. The van der Waals surface area contributed by atoms with E-state index < -0.39 is 18.5 Å². The molecule has 0 aliphatic carbocycles. The van der Waals surface area contributed by atoms with Crippen LogP contribution in [-0.2, 0) is 9.53 Å². The van der Waals surface area contributed by atoms with Crippen LogP contribution in [0.1, 0.15) is 16.1 Å². The molecule has 1 aromatic heterocycles. The summed E-state index contributed by atoms with van der Waals surface area (Å²) in [6.07, 6.45) is 0. The maximum absolute atomic E-state index is 11.9. The van der Waals surface area contributed by atoms with Gasteiger partial charge in [0.1, 0.15) is 17.1 Å². The van der Waals surface area contributed by atoms with Crippen molar-refractivity contribution in [1.29, 1.82) is 0 Å². The van der Waals surface area contributed by atoms with Crippen LogP contribution in [0, 0.1) is 6.92 Å². The fourth-order valence-electron chi connectivity index (χ4n) is 1.93. The van der Waals surface area contributed by atoms with E-state index in [4.69, 9.17) is 19.9 Å². The largest absolute Gasteiger partial charge is 0.497 e. The Labute approximate surface area is 137 Å². The highest BCUT2D eigenvalue weighted by Crippen LogP contribution is 2.28. The predicted octanol–water partition coefficient (Wildman–Crippen LogP) is 1.38. The lowest BCUT2D eigenvalue weighted by Crippen LogP contribution is -2.21. The Morgan fingerprint density at radius 2 is 2.04 bits per heavy atom. The number of carbonyl (C=O) groups is 2. The van der Waals surface area contributed by atoms with Crippen molar-refractivity contribution in [3.63, 3.8) is 0 Å². The van der Waals surface area contributed by atoms with E-state index in [1.54, 1.807) is 25.1 Å². The van der Waals surface area contributed by atoms with Gasteiger partial charge in [-0.05, 0) is 19.1 Å². The fourth-order valence-corrected chi connectivity index (χ4v) is 1.93. The number of esters is 1. The number of benzene rings is 1. The van der Waals surface area contributed by atoms with Crippen molar-refractivity contribution in [2.75, 3.05) is 31.9 Å². The summed E-state index contributed by atoms with van der Waals surface area (Å²) in [7, 11) is 2.98. The van der Waals surface area contributed by atoms with E-state index in [1.165, 1.54) is 14.2 Å². The third-order valence-corrected chi connectivity index (χ3v) is 3.11. The maximum Gasteiger partial charge on any atom is 0.346 e. The third-order valence-electron chi connectivity index (χ3n) is 3.11. The summed E-state index contributed by atoms with van der Waals surface area (Å²) in [4.78, 5) is 23.8. The number of anilines is 2. The van der Waals surface area contributed by atoms with Crippen molar-refractivity contribution < 1.29 is 28.3 Å². The Kier molecular flexibility index (Phi) is 5.25. The first-order chi connectivity index (χ1) is 11.5. The molecule has 1 aromatic carbocycles. The van der Waals surface area contributed by atoms with Crippen molar-refractivity contribution in [1.82, 2.24) is 5.16 Å². The minimum Gasteiger partial charge on any atom is -0.497 e. The number of hydrogen-bond acceptors (Lipinski definition) is 8. The first-order valence-corrected chi connectivity index (χ1v) is 6.87. The van der Waals surface area contributed by atoms with E-state index in [9.17, 15) is 9.59 Å². The number of ether oxygens (including phenoxy) is 3. The van der Waals surface area contributed by atoms with Crippen LogP contribution in [-0.4, -0.2) is 37.9 Å². The van der Waals surface area contributed by atoms with Gasteiger partial charge in [-0.25, -0.2) is 4.79 Å². The smallest absolute Gasteiger partial charge is 0.346 e. The zero-order valence-corrected chi connectivity index (χ0v) is 13.4. The molecule has 3 N–H and O–H groups in total. The molecule has 9 heteroatoms. The minimum absolute atomic E-state index is 0.00447. The molecule has 0 unspecified atom stereocenters. The quantitative estimate of drug-likeness (QED) is 0.758. The van der Waals surface area contributed by atoms with Gasteiger partial charge < -0.3 is 29.8 Å². The van der Waals surface area contributed by atoms with E-state index in [2.05, 4.69) is 15.0 Å². The SMILES string of the molecule is COc1ccc(NC(=O)COC(=O)c2c(C)noc2N)c(OC)c1. The molecule has 1 heterocycles. The topological polar surface area (TPSA) is 126 Å². The number of aromatic nitrogens is 1. The van der Waals surface area contributed by atoms with Crippen LogP contribution in [0.4, 0.5) is 11.6 Å². The minimum atomic E-state index is -0.789. The summed E-state index contributed by atoms with van der Waals surface area (Å²) in [5, 5.41) is 6.12. The van der Waals surface area contributed by atoms with Gasteiger partial charge in [0.15, 0.2) is 6.61 Å². The first-order valence-electron chi connectivity index (χ1n) is 6.87. The molecular weight excluding hydrogens is 318 g/mol. The number of aryl methyl sites for hydroxylation is 1. The normalized spacial score (nSPS) is 10.1. The summed E-state index contributed by atoms with van der Waals surface area (Å²) in [6.45, 7) is 1.04. The van der Waals surface area contributed by atoms with Crippen LogP contribution in [0.25, 0.3) is 0 Å². The average Bonchev–Trinajstić information content (AvgIpc) is 2.91. The number of nitrogen functional groups attached to an aromatic ring is 1. The maximum atomic E-state index is 11.9. The molecule has 0 atom stereocenters. The van der Waals surface area contributed by atoms with Crippen molar-refractivity contribution >= 4 is 23.4 Å². The Bertz CT molecular complexity index is 736. The number of hydrogen-bond donors (Lipinski definition) is 2. The van der Waals surface area contributed by atoms with E-state index >= 15 is 0 Å². The molecule has 0 aliphatic rings. The van der Waals surface area contributed by atoms with Gasteiger partial charge in [-0.2, -0.15) is 0 Å². The van der Waals surface area contributed by atoms with Crippen molar-refractivity contribution in [3.05, 3.63) is 29.5 Å². The summed E-state index contributed by atoms with van der Waals surface area (Å²) >= 11 is 0. The molecule has 0 aliphatic heterocycles. The Hall–Kier alpha value is -3.23. The Morgan fingerprint density at radius 3 is 2.62 bits per heavy atom. The second kappa shape index (κ2) is 7.36. The second-order valence-corrected chi connectivity index (χ2v) is 4.70. The van der Waals surface area contributed by atoms with E-state index in [-0.39, 0.29) is 17.1 Å². The number of rotatable bonds is 6. The molecule has 0 saturated heterocycles. The van der Waals surface area contributed by atoms with E-state index in [0.717, 1.165) is 0 Å². The van der Waals surface area contributed by atoms with E-state index in [1.807, 2.05) is 0 Å². The van der Waals surface area contributed by atoms with Gasteiger partial charge in [-0.15, -0.1) is 0 Å². The Balaban J connectivity index is 1.98. The van der Waals surface area contributed by atoms with Crippen LogP contribution in [0.3, 0.4) is 0 Å². The van der Waals surface area contributed by atoms with Gasteiger partial charge in [0.05, 0.1) is 25.6 Å². The number of amides is 1. The standard InChI is InChI=1S/C15H17N3O6/c1-8-13(14(16)24-18-8)15(20)23-7-12(19)17-10-5-4-9(21-2)6-11(10)22-3/h4-6H,7,16H2,1-3H3,(H,17,19). The number of nitrogens with two attached hydrogens (primary N) is 1. The zero-order valence-electron chi connectivity index (χ0n) is 13.4. The molecule has 0 bridgehead atoms. The van der Waals surface area contributed by atoms with Crippen LogP contribution in [0.5, 0.6) is 11.5 Å². The van der Waals surface area contributed by atoms with Gasteiger partial charge in [0.25, 0.3) is 5.91 Å². The van der Waals surface area contributed by atoms with Crippen LogP contribution >= 0.6 is 0 Å². The van der Waals surface area contributed by atoms with Crippen molar-refractivity contribution in [3.8, 4) is 11.5 Å². The average molecular weight is 335 g/mol. The molecule has 0 saturated carbocycles. The lowest BCUT2D eigenvalue weighted by atomic mass is 10.2. The molecule has 9 nitrogen and oxygen atoms in total. The highest BCUT2D eigenvalue weighted by molar-refractivity contribution is 5.98. The van der Waals surface area contributed by atoms with Crippen LogP contribution < -0.4 is 20.5 Å². The molecule has 0 spiro atoms. The monoisotopic (exact) mass is 335 g/mol. The van der Waals surface area contributed by atoms with Gasteiger partial charge in [0, 0.05) is 6.07 Å². The van der Waals surface area contributed by atoms with Crippen LogP contribution in [0.2, 0.25) is 0 Å². The van der Waals surface area contributed by atoms with Crippen molar-refractivity contribution in [2.24, 2.45) is 0 Å². The van der Waals surface area contributed by atoms with Crippen molar-refractivity contribution in [2.45, 2.75) is 6.92 Å². The van der Waals surface area contributed by atoms with Gasteiger partial charge in [-0.3, -0.25) is 4.79 Å². The summed E-state index contributed by atoms with van der Waals surface area (Å²) < 4.78 is 19.8. The predicted molar refractivity (Wildman–Crippen MR) is 84.1 cm³/mol. The highest BCUT2D eigenvalue weighted by Gasteiger charge is 2.21. The van der Waals surface area contributed by atoms with Crippen LogP contribution in [0.15, 0.2) is 22.7 Å². The molecule has 128 valence electrons. The molecule has 2 rings (SSSR count). The fraction of sp³-hybridized carbons (Fsp3) is 0.267. The number of carbonyl (C=O) groups excluding carboxylic acids is 2. The molecule has 1 amide bonds. The third kappa shape index (κ3) is 3.75. The highest BCUT2D eigenvalue weighted by atomic mass is 16.5. The molecule has 24 heavy (non-hydrogen) atoms.